The molecule has 4 nitrogen and oxygen atoms in total. The van der Waals surface area contributed by atoms with E-state index in [9.17, 15) is 9.59 Å². The van der Waals surface area contributed by atoms with Gasteiger partial charge in [0.1, 0.15) is 0 Å². The molecular formula is C12H10ClNO3S. The van der Waals surface area contributed by atoms with Crippen LogP contribution in [0.2, 0.25) is 5.02 Å². The third-order valence-electron chi connectivity index (χ3n) is 2.47. The van der Waals surface area contributed by atoms with Crippen LogP contribution >= 0.6 is 22.9 Å². The Bertz CT molecular complexity index is 615. The molecule has 1 N–H and O–H groups in total. The van der Waals surface area contributed by atoms with Gasteiger partial charge in [-0.05, 0) is 17.7 Å². The van der Waals surface area contributed by atoms with E-state index in [0.717, 1.165) is 22.6 Å². The van der Waals surface area contributed by atoms with Gasteiger partial charge in [-0.15, -0.1) is 0 Å². The minimum atomic E-state index is -0.921. The molecule has 0 unspecified atom stereocenters. The number of carboxylic acids is 1. The maximum Gasteiger partial charge on any atom is 0.307 e. The SMILES string of the molecule is O=C(O)CCn1c(-c2ccc(Cl)cc2)csc1=O. The molecule has 0 atom stereocenters. The van der Waals surface area contributed by atoms with Crippen molar-refractivity contribution in [2.75, 3.05) is 0 Å². The van der Waals surface area contributed by atoms with E-state index in [1.807, 2.05) is 0 Å². The summed E-state index contributed by atoms with van der Waals surface area (Å²) in [7, 11) is 0. The van der Waals surface area contributed by atoms with Crippen molar-refractivity contribution in [3.63, 3.8) is 0 Å². The Morgan fingerprint density at radius 1 is 1.33 bits per heavy atom. The highest BCUT2D eigenvalue weighted by Crippen LogP contribution is 2.22. The minimum Gasteiger partial charge on any atom is -0.481 e. The molecule has 0 aliphatic heterocycles. The minimum absolute atomic E-state index is 0.0722. The average Bonchev–Trinajstić information content (AvgIpc) is 2.69. The molecule has 0 fully saturated rings. The Morgan fingerprint density at radius 3 is 2.61 bits per heavy atom. The standard InChI is InChI=1S/C12H10ClNO3S/c13-9-3-1-8(2-4-9)10-7-18-12(17)14(10)6-5-11(15)16/h1-4,7H,5-6H2,(H,15,16). The number of thiazole rings is 1. The smallest absolute Gasteiger partial charge is 0.307 e. The molecule has 0 aliphatic carbocycles. The third kappa shape index (κ3) is 2.80. The van der Waals surface area contributed by atoms with Crippen LogP contribution in [0.1, 0.15) is 6.42 Å². The van der Waals surface area contributed by atoms with Gasteiger partial charge in [-0.1, -0.05) is 35.1 Å². The number of aromatic nitrogens is 1. The largest absolute Gasteiger partial charge is 0.481 e. The van der Waals surface area contributed by atoms with Crippen molar-refractivity contribution in [2.24, 2.45) is 0 Å². The molecule has 6 heteroatoms. The zero-order valence-electron chi connectivity index (χ0n) is 9.30. The van der Waals surface area contributed by atoms with E-state index in [1.54, 1.807) is 29.6 Å². The zero-order chi connectivity index (χ0) is 13.1. The normalized spacial score (nSPS) is 10.5. The molecule has 0 radical (unpaired) electrons. The lowest BCUT2D eigenvalue weighted by Crippen LogP contribution is -2.16. The Kier molecular flexibility index (Phi) is 3.84. The highest BCUT2D eigenvalue weighted by atomic mass is 35.5. The van der Waals surface area contributed by atoms with Gasteiger partial charge in [0.15, 0.2) is 0 Å². The maximum absolute atomic E-state index is 11.7. The second kappa shape index (κ2) is 5.37. The molecule has 2 rings (SSSR count). The van der Waals surface area contributed by atoms with Crippen molar-refractivity contribution in [3.8, 4) is 11.3 Å². The van der Waals surface area contributed by atoms with Crippen LogP contribution in [0, 0.1) is 0 Å². The van der Waals surface area contributed by atoms with Crippen molar-refractivity contribution in [1.29, 1.82) is 0 Å². The van der Waals surface area contributed by atoms with E-state index in [1.165, 1.54) is 4.57 Å². The van der Waals surface area contributed by atoms with E-state index < -0.39 is 5.97 Å². The Morgan fingerprint density at radius 2 is 2.00 bits per heavy atom. The summed E-state index contributed by atoms with van der Waals surface area (Å²) in [6.07, 6.45) is -0.0722. The fourth-order valence-electron chi connectivity index (χ4n) is 1.60. The molecular weight excluding hydrogens is 274 g/mol. The molecule has 0 aliphatic rings. The van der Waals surface area contributed by atoms with Crippen LogP contribution in [-0.4, -0.2) is 15.6 Å². The number of carbonyl (C=O) groups is 1. The number of hydrogen-bond acceptors (Lipinski definition) is 3. The number of aliphatic carboxylic acids is 1. The van der Waals surface area contributed by atoms with Gasteiger partial charge in [-0.3, -0.25) is 14.2 Å². The third-order valence-corrected chi connectivity index (χ3v) is 3.49. The fourth-order valence-corrected chi connectivity index (χ4v) is 2.51. The quantitative estimate of drug-likeness (QED) is 0.938. The molecule has 0 saturated carbocycles. The van der Waals surface area contributed by atoms with Crippen LogP contribution in [0.4, 0.5) is 0 Å². The lowest BCUT2D eigenvalue weighted by Gasteiger charge is -2.06. The summed E-state index contributed by atoms with van der Waals surface area (Å²) in [5.41, 5.74) is 1.58. The number of benzene rings is 1. The van der Waals surface area contributed by atoms with Crippen molar-refractivity contribution in [1.82, 2.24) is 4.57 Å². The van der Waals surface area contributed by atoms with Crippen LogP contribution < -0.4 is 4.87 Å². The number of halogens is 1. The van der Waals surface area contributed by atoms with Crippen molar-refractivity contribution >= 4 is 28.9 Å². The van der Waals surface area contributed by atoms with Crippen LogP contribution in [0.5, 0.6) is 0 Å². The molecule has 2 aromatic rings. The summed E-state index contributed by atoms with van der Waals surface area (Å²) < 4.78 is 1.47. The molecule has 18 heavy (non-hydrogen) atoms. The summed E-state index contributed by atoms with van der Waals surface area (Å²) in [4.78, 5) is 22.1. The molecule has 94 valence electrons. The van der Waals surface area contributed by atoms with Gasteiger partial charge in [-0.25, -0.2) is 0 Å². The summed E-state index contributed by atoms with van der Waals surface area (Å²) in [5, 5.41) is 11.0. The van der Waals surface area contributed by atoms with Gasteiger partial charge in [0.2, 0.25) is 0 Å². The molecule has 1 heterocycles. The Labute approximate surface area is 112 Å². The van der Waals surface area contributed by atoms with Crippen LogP contribution in [0.3, 0.4) is 0 Å². The maximum atomic E-state index is 11.7. The van der Waals surface area contributed by atoms with E-state index in [0.29, 0.717) is 5.02 Å². The van der Waals surface area contributed by atoms with Crippen LogP contribution in [0.15, 0.2) is 34.4 Å². The molecule has 0 saturated heterocycles. The van der Waals surface area contributed by atoms with Gasteiger partial charge in [-0.2, -0.15) is 0 Å². The van der Waals surface area contributed by atoms with E-state index in [-0.39, 0.29) is 17.8 Å². The predicted octanol–water partition coefficient (Wildman–Crippen LogP) is 2.70. The number of hydrogen-bond donors (Lipinski definition) is 1. The highest BCUT2D eigenvalue weighted by Gasteiger charge is 2.10. The number of rotatable bonds is 4. The topological polar surface area (TPSA) is 59.3 Å². The second-order valence-corrected chi connectivity index (χ2v) is 4.95. The monoisotopic (exact) mass is 283 g/mol. The second-order valence-electron chi connectivity index (χ2n) is 3.69. The number of carboxylic acid groups (broad SMARTS) is 1. The molecule has 0 amide bonds. The first-order valence-electron chi connectivity index (χ1n) is 5.24. The lowest BCUT2D eigenvalue weighted by atomic mass is 10.2. The fraction of sp³-hybridized carbons (Fsp3) is 0.167. The van der Waals surface area contributed by atoms with Crippen molar-refractivity contribution in [3.05, 3.63) is 44.3 Å². The molecule has 0 spiro atoms. The molecule has 1 aromatic carbocycles. The summed E-state index contributed by atoms with van der Waals surface area (Å²) in [6.45, 7) is 0.176. The lowest BCUT2D eigenvalue weighted by molar-refractivity contribution is -0.137. The highest BCUT2D eigenvalue weighted by molar-refractivity contribution is 7.07. The van der Waals surface area contributed by atoms with Crippen molar-refractivity contribution < 1.29 is 9.90 Å². The Balaban J connectivity index is 2.36. The van der Waals surface area contributed by atoms with Crippen LogP contribution in [-0.2, 0) is 11.3 Å². The summed E-state index contributed by atoms with van der Waals surface area (Å²) in [5.74, 6) is -0.921. The van der Waals surface area contributed by atoms with Gasteiger partial charge in [0.05, 0.1) is 12.1 Å². The van der Waals surface area contributed by atoms with Gasteiger partial charge in [0, 0.05) is 16.9 Å². The molecule has 0 bridgehead atoms. The molecule has 1 aromatic heterocycles. The van der Waals surface area contributed by atoms with E-state index >= 15 is 0 Å². The summed E-state index contributed by atoms with van der Waals surface area (Å²) in [6, 6.07) is 7.09. The van der Waals surface area contributed by atoms with Gasteiger partial charge in [0.25, 0.3) is 0 Å². The Hall–Kier alpha value is -1.59. The van der Waals surface area contributed by atoms with Gasteiger partial charge < -0.3 is 5.11 Å². The summed E-state index contributed by atoms with van der Waals surface area (Å²) >= 11 is 6.87. The van der Waals surface area contributed by atoms with E-state index in [2.05, 4.69) is 0 Å². The zero-order valence-corrected chi connectivity index (χ0v) is 10.9. The van der Waals surface area contributed by atoms with Gasteiger partial charge >= 0.3 is 10.8 Å². The predicted molar refractivity (Wildman–Crippen MR) is 71.3 cm³/mol. The number of nitrogens with zero attached hydrogens (tertiary/aromatic N) is 1. The first-order chi connectivity index (χ1) is 8.58. The van der Waals surface area contributed by atoms with E-state index in [4.69, 9.17) is 16.7 Å². The first-order valence-corrected chi connectivity index (χ1v) is 6.50. The first kappa shape index (κ1) is 12.9. The van der Waals surface area contributed by atoms with Crippen molar-refractivity contribution in [2.45, 2.75) is 13.0 Å². The average molecular weight is 284 g/mol. The van der Waals surface area contributed by atoms with Crippen LogP contribution in [0.25, 0.3) is 11.3 Å².